The number of fused-ring (bicyclic) bond motifs is 1. The number of hydrogen-bond donors (Lipinski definition) is 0. The van der Waals surface area contributed by atoms with Gasteiger partial charge in [-0.3, -0.25) is 9.98 Å². The van der Waals surface area contributed by atoms with Gasteiger partial charge in [-0.1, -0.05) is 43.0 Å². The van der Waals surface area contributed by atoms with E-state index >= 15 is 0 Å². The molecular weight excluding hydrogens is 330 g/mol. The third kappa shape index (κ3) is 3.13. The first-order valence-electron chi connectivity index (χ1n) is 8.81. The van der Waals surface area contributed by atoms with Crippen LogP contribution in [0.5, 0.6) is 5.75 Å². The molecule has 2 aliphatic rings. The zero-order valence-corrected chi connectivity index (χ0v) is 15.6. The highest BCUT2D eigenvalue weighted by Gasteiger charge is 2.44. The molecule has 5 heteroatoms. The van der Waals surface area contributed by atoms with Crippen LogP contribution in [0.3, 0.4) is 0 Å². The van der Waals surface area contributed by atoms with E-state index in [4.69, 9.17) is 9.73 Å². The standard InChI is InChI=1S/C20H23N3OS/c1-13(2)24-17-10-5-4-8-15(17)19-18(16-9-6-7-11-21-16)22-20-23(19)12-14(3)25-20/h4-11,13-14,18-19H,12H2,1-3H3/t14-,18-,19+/m0/s1. The summed E-state index contributed by atoms with van der Waals surface area (Å²) in [5.41, 5.74) is 2.21. The molecule has 2 aromatic rings. The minimum atomic E-state index is 0.00751. The van der Waals surface area contributed by atoms with E-state index in [2.05, 4.69) is 54.9 Å². The summed E-state index contributed by atoms with van der Waals surface area (Å²) in [4.78, 5) is 12.1. The number of thioether (sulfide) groups is 1. The van der Waals surface area contributed by atoms with Crippen molar-refractivity contribution in [3.05, 3.63) is 59.9 Å². The van der Waals surface area contributed by atoms with Crippen molar-refractivity contribution in [3.8, 4) is 5.75 Å². The second-order valence-corrected chi connectivity index (χ2v) is 8.25. The number of benzene rings is 1. The lowest BCUT2D eigenvalue weighted by Gasteiger charge is -2.29. The van der Waals surface area contributed by atoms with Crippen LogP contribution in [0.2, 0.25) is 0 Å². The molecule has 0 bridgehead atoms. The Morgan fingerprint density at radius 1 is 1.16 bits per heavy atom. The number of amidine groups is 1. The van der Waals surface area contributed by atoms with Crippen LogP contribution in [-0.2, 0) is 0 Å². The van der Waals surface area contributed by atoms with Gasteiger partial charge in [0, 0.05) is 23.6 Å². The smallest absolute Gasteiger partial charge is 0.160 e. The number of para-hydroxylation sites is 1. The molecule has 2 aliphatic heterocycles. The van der Waals surface area contributed by atoms with Gasteiger partial charge in [0.1, 0.15) is 11.8 Å². The average molecular weight is 353 g/mol. The Labute approximate surface area is 153 Å². The summed E-state index contributed by atoms with van der Waals surface area (Å²) in [6, 6.07) is 14.6. The molecule has 1 saturated heterocycles. The highest BCUT2D eigenvalue weighted by molar-refractivity contribution is 8.14. The lowest BCUT2D eigenvalue weighted by atomic mass is 9.95. The second-order valence-electron chi connectivity index (χ2n) is 6.84. The summed E-state index contributed by atoms with van der Waals surface area (Å²) in [6.07, 6.45) is 1.99. The molecule has 4 nitrogen and oxygen atoms in total. The molecule has 0 spiro atoms. The van der Waals surface area contributed by atoms with Crippen molar-refractivity contribution in [1.29, 1.82) is 0 Å². The number of hydrogen-bond acceptors (Lipinski definition) is 5. The van der Waals surface area contributed by atoms with Gasteiger partial charge in [0.2, 0.25) is 0 Å². The molecule has 0 N–H and O–H groups in total. The van der Waals surface area contributed by atoms with E-state index in [1.54, 1.807) is 0 Å². The van der Waals surface area contributed by atoms with Gasteiger partial charge in [-0.25, -0.2) is 0 Å². The first kappa shape index (κ1) is 16.5. The van der Waals surface area contributed by atoms with Gasteiger partial charge >= 0.3 is 0 Å². The van der Waals surface area contributed by atoms with Gasteiger partial charge < -0.3 is 9.64 Å². The van der Waals surface area contributed by atoms with E-state index in [-0.39, 0.29) is 18.2 Å². The van der Waals surface area contributed by atoms with Crippen LogP contribution in [0.25, 0.3) is 0 Å². The molecule has 4 rings (SSSR count). The van der Waals surface area contributed by atoms with Crippen molar-refractivity contribution in [2.75, 3.05) is 6.54 Å². The molecule has 1 aromatic carbocycles. The van der Waals surface area contributed by atoms with Crippen molar-refractivity contribution < 1.29 is 4.74 Å². The van der Waals surface area contributed by atoms with Crippen LogP contribution in [0, 0.1) is 0 Å². The lowest BCUT2D eigenvalue weighted by Crippen LogP contribution is -2.29. The maximum Gasteiger partial charge on any atom is 0.160 e. The summed E-state index contributed by atoms with van der Waals surface area (Å²) in [6.45, 7) is 7.40. The SMILES string of the molecule is CC(C)Oc1ccccc1[C@@H]1[C@H](c2ccccn2)N=C2S[C@@H](C)CN21. The zero-order valence-electron chi connectivity index (χ0n) is 14.8. The molecule has 25 heavy (non-hydrogen) atoms. The molecule has 130 valence electrons. The predicted molar refractivity (Wildman–Crippen MR) is 103 cm³/mol. The monoisotopic (exact) mass is 353 g/mol. The van der Waals surface area contributed by atoms with E-state index in [9.17, 15) is 0 Å². The van der Waals surface area contributed by atoms with E-state index in [0.717, 1.165) is 23.2 Å². The van der Waals surface area contributed by atoms with Crippen molar-refractivity contribution in [3.63, 3.8) is 0 Å². The fraction of sp³-hybridized carbons (Fsp3) is 0.400. The van der Waals surface area contributed by atoms with Gasteiger partial charge in [-0.15, -0.1) is 0 Å². The lowest BCUT2D eigenvalue weighted by molar-refractivity contribution is 0.230. The van der Waals surface area contributed by atoms with E-state index in [1.165, 1.54) is 5.56 Å². The molecule has 0 amide bonds. The maximum absolute atomic E-state index is 6.11. The largest absolute Gasteiger partial charge is 0.491 e. The molecule has 1 aromatic heterocycles. The van der Waals surface area contributed by atoms with Gasteiger partial charge in [0.05, 0.1) is 17.8 Å². The fourth-order valence-electron chi connectivity index (χ4n) is 3.54. The molecule has 3 heterocycles. The minimum absolute atomic E-state index is 0.00751. The van der Waals surface area contributed by atoms with Crippen LogP contribution >= 0.6 is 11.8 Å². The number of ether oxygens (including phenoxy) is 1. The molecule has 1 fully saturated rings. The Morgan fingerprint density at radius 3 is 2.72 bits per heavy atom. The highest BCUT2D eigenvalue weighted by atomic mass is 32.2. The van der Waals surface area contributed by atoms with E-state index < -0.39 is 0 Å². The molecule has 0 aliphatic carbocycles. The van der Waals surface area contributed by atoms with Crippen LogP contribution in [-0.4, -0.2) is 33.0 Å². The molecular formula is C20H23N3OS. The third-order valence-electron chi connectivity index (χ3n) is 4.48. The summed E-state index contributed by atoms with van der Waals surface area (Å²) < 4.78 is 6.11. The van der Waals surface area contributed by atoms with E-state index in [0.29, 0.717) is 5.25 Å². The summed E-state index contributed by atoms with van der Waals surface area (Å²) in [7, 11) is 0. The quantitative estimate of drug-likeness (QED) is 0.813. The summed E-state index contributed by atoms with van der Waals surface area (Å²) in [5.74, 6) is 0.949. The van der Waals surface area contributed by atoms with Gasteiger partial charge in [0.15, 0.2) is 5.17 Å². The van der Waals surface area contributed by atoms with Crippen molar-refractivity contribution in [2.24, 2.45) is 4.99 Å². The first-order valence-corrected chi connectivity index (χ1v) is 9.69. The molecule has 0 saturated carbocycles. The number of nitrogens with zero attached hydrogens (tertiary/aromatic N) is 3. The van der Waals surface area contributed by atoms with Gasteiger partial charge in [0.25, 0.3) is 0 Å². The van der Waals surface area contributed by atoms with Gasteiger partial charge in [-0.2, -0.15) is 0 Å². The molecule has 3 atom stereocenters. The minimum Gasteiger partial charge on any atom is -0.491 e. The highest BCUT2D eigenvalue weighted by Crippen LogP contribution is 2.49. The number of aliphatic imine (C=N–C) groups is 1. The van der Waals surface area contributed by atoms with Crippen LogP contribution in [0.1, 0.15) is 44.1 Å². The maximum atomic E-state index is 6.11. The fourth-order valence-corrected chi connectivity index (χ4v) is 4.63. The summed E-state index contributed by atoms with van der Waals surface area (Å²) in [5, 5.41) is 1.69. The Morgan fingerprint density at radius 2 is 1.96 bits per heavy atom. The third-order valence-corrected chi connectivity index (χ3v) is 5.58. The van der Waals surface area contributed by atoms with Crippen molar-refractivity contribution >= 4 is 16.9 Å². The Hall–Kier alpha value is -2.01. The average Bonchev–Trinajstić information content (AvgIpc) is 3.12. The van der Waals surface area contributed by atoms with Crippen molar-refractivity contribution in [2.45, 2.75) is 44.2 Å². The normalized spacial score (nSPS) is 25.2. The number of pyridine rings is 1. The Balaban J connectivity index is 1.78. The zero-order chi connectivity index (χ0) is 17.4. The molecule has 0 unspecified atom stereocenters. The summed E-state index contributed by atoms with van der Waals surface area (Å²) >= 11 is 1.86. The Kier molecular flexibility index (Phi) is 4.42. The van der Waals surface area contributed by atoms with Crippen LogP contribution in [0.15, 0.2) is 53.7 Å². The predicted octanol–water partition coefficient (Wildman–Crippen LogP) is 4.46. The number of rotatable bonds is 4. The van der Waals surface area contributed by atoms with E-state index in [1.807, 2.05) is 36.2 Å². The molecule has 0 radical (unpaired) electrons. The second kappa shape index (κ2) is 6.71. The first-order chi connectivity index (χ1) is 12.1. The van der Waals surface area contributed by atoms with Crippen LogP contribution < -0.4 is 4.74 Å². The van der Waals surface area contributed by atoms with Crippen LogP contribution in [0.4, 0.5) is 0 Å². The Bertz CT molecular complexity index is 778. The topological polar surface area (TPSA) is 37.7 Å². The van der Waals surface area contributed by atoms with Crippen molar-refractivity contribution in [1.82, 2.24) is 9.88 Å². The van der Waals surface area contributed by atoms with Gasteiger partial charge in [-0.05, 0) is 32.0 Å². The number of aromatic nitrogens is 1.